The van der Waals surface area contributed by atoms with Crippen LogP contribution in [0, 0.1) is 0 Å². The van der Waals surface area contributed by atoms with Gasteiger partial charge in [-0.25, -0.2) is 8.51 Å². The van der Waals surface area contributed by atoms with Gasteiger partial charge in [0.2, 0.25) is 0 Å². The highest BCUT2D eigenvalue weighted by Crippen LogP contribution is 2.31. The van der Waals surface area contributed by atoms with Crippen molar-refractivity contribution in [2.75, 3.05) is 13.1 Å². The summed E-state index contributed by atoms with van der Waals surface area (Å²) in [6.45, 7) is 4.86. The highest BCUT2D eigenvalue weighted by atomic mass is 35.5. The molecule has 110 valence electrons. The monoisotopic (exact) mass is 331 g/mol. The third-order valence-corrected chi connectivity index (χ3v) is 5.89. The normalized spacial score (nSPS) is 14.8. The second-order valence-corrected chi connectivity index (χ2v) is 7.97. The Hall–Kier alpha value is -0.460. The molecule has 2 unspecified atom stereocenters. The summed E-state index contributed by atoms with van der Waals surface area (Å²) in [5.74, 6) is 0. The number of aliphatic hydroxyl groups is 1. The molecular weight excluding hydrogens is 314 g/mol. The molecule has 0 aliphatic carbocycles. The van der Waals surface area contributed by atoms with Gasteiger partial charge in [0.1, 0.15) is 15.2 Å². The molecule has 1 aromatic heterocycles. The molecule has 0 aliphatic heterocycles. The Balaban J connectivity index is 2.28. The molecule has 0 bridgehead atoms. The van der Waals surface area contributed by atoms with E-state index in [1.54, 1.807) is 6.92 Å². The van der Waals surface area contributed by atoms with Crippen molar-refractivity contribution in [2.24, 2.45) is 0 Å². The number of fused-ring (bicyclic) bond motifs is 1. The minimum atomic E-state index is -1.23. The maximum atomic E-state index is 12.6. The van der Waals surface area contributed by atoms with Crippen LogP contribution < -0.4 is 0 Å². The summed E-state index contributed by atoms with van der Waals surface area (Å²) < 4.78 is 16.3. The summed E-state index contributed by atoms with van der Waals surface area (Å²) in [4.78, 5) is 0. The second-order valence-electron chi connectivity index (χ2n) is 4.73. The molecule has 2 atom stereocenters. The number of nitrogens with zero attached hydrogens (tertiary/aromatic N) is 1. The third-order valence-electron chi connectivity index (χ3n) is 2.80. The number of thiophene rings is 1. The standard InChI is InChI=1S/C14H18ClNO2S2/c1-3-6-16(9-10(2)17)20(18)14-8-11-7-12(15)4-5-13(11)19-14/h4-5,7-8,10,17H,3,6,9H2,1-2H3. The molecule has 1 aromatic carbocycles. The molecule has 1 heterocycles. The summed E-state index contributed by atoms with van der Waals surface area (Å²) >= 11 is 7.49. The van der Waals surface area contributed by atoms with E-state index in [1.165, 1.54) is 11.3 Å². The second kappa shape index (κ2) is 7.00. The maximum Gasteiger partial charge on any atom is 0.138 e. The average Bonchev–Trinajstić information content (AvgIpc) is 2.79. The van der Waals surface area contributed by atoms with Crippen molar-refractivity contribution in [3.8, 4) is 0 Å². The van der Waals surface area contributed by atoms with Crippen LogP contribution in [0.2, 0.25) is 5.02 Å². The summed E-state index contributed by atoms with van der Waals surface area (Å²) in [5.41, 5.74) is 0. The molecule has 0 radical (unpaired) electrons. The Kier molecular flexibility index (Phi) is 5.57. The predicted octanol–water partition coefficient (Wildman–Crippen LogP) is 3.67. The highest BCUT2D eigenvalue weighted by Gasteiger charge is 2.18. The maximum absolute atomic E-state index is 12.6. The fourth-order valence-electron chi connectivity index (χ4n) is 1.99. The van der Waals surface area contributed by atoms with Crippen LogP contribution >= 0.6 is 22.9 Å². The number of hydrogen-bond acceptors (Lipinski definition) is 3. The van der Waals surface area contributed by atoms with Crippen molar-refractivity contribution >= 4 is 44.0 Å². The van der Waals surface area contributed by atoms with Crippen LogP contribution in [0.1, 0.15) is 20.3 Å². The molecule has 0 saturated carbocycles. The van der Waals surface area contributed by atoms with Gasteiger partial charge in [0.15, 0.2) is 0 Å². The van der Waals surface area contributed by atoms with Gasteiger partial charge in [0, 0.05) is 22.8 Å². The molecule has 0 aliphatic rings. The lowest BCUT2D eigenvalue weighted by atomic mass is 10.3. The summed E-state index contributed by atoms with van der Waals surface area (Å²) in [7, 11) is -1.23. The Morgan fingerprint density at radius 1 is 1.45 bits per heavy atom. The van der Waals surface area contributed by atoms with Crippen LogP contribution in [0.5, 0.6) is 0 Å². The van der Waals surface area contributed by atoms with E-state index >= 15 is 0 Å². The van der Waals surface area contributed by atoms with Crippen molar-refractivity contribution in [1.29, 1.82) is 0 Å². The Morgan fingerprint density at radius 3 is 2.85 bits per heavy atom. The number of aliphatic hydroxyl groups excluding tert-OH is 1. The minimum Gasteiger partial charge on any atom is -0.392 e. The number of rotatable bonds is 6. The van der Waals surface area contributed by atoms with E-state index < -0.39 is 17.1 Å². The zero-order chi connectivity index (χ0) is 14.7. The van der Waals surface area contributed by atoms with Crippen LogP contribution in [0.3, 0.4) is 0 Å². The van der Waals surface area contributed by atoms with E-state index in [0.29, 0.717) is 18.1 Å². The smallest absolute Gasteiger partial charge is 0.138 e. The van der Waals surface area contributed by atoms with Gasteiger partial charge < -0.3 is 5.11 Å². The quantitative estimate of drug-likeness (QED) is 0.877. The number of halogens is 1. The zero-order valence-electron chi connectivity index (χ0n) is 11.5. The largest absolute Gasteiger partial charge is 0.392 e. The molecule has 2 rings (SSSR count). The molecule has 1 N–H and O–H groups in total. The van der Waals surface area contributed by atoms with Crippen LogP contribution in [-0.2, 0) is 11.0 Å². The van der Waals surface area contributed by atoms with E-state index in [0.717, 1.165) is 20.7 Å². The molecule has 0 amide bonds. The first-order chi connectivity index (χ1) is 9.51. The summed E-state index contributed by atoms with van der Waals surface area (Å²) in [6, 6.07) is 7.59. The number of hydrogen-bond donors (Lipinski definition) is 1. The molecule has 0 spiro atoms. The fraction of sp³-hybridized carbons (Fsp3) is 0.429. The minimum absolute atomic E-state index is 0.412. The number of benzene rings is 1. The highest BCUT2D eigenvalue weighted by molar-refractivity contribution is 7.85. The van der Waals surface area contributed by atoms with Crippen LogP contribution in [0.25, 0.3) is 10.1 Å². The van der Waals surface area contributed by atoms with Crippen molar-refractivity contribution in [3.05, 3.63) is 29.3 Å². The van der Waals surface area contributed by atoms with E-state index in [2.05, 4.69) is 0 Å². The Labute approximate surface area is 130 Å². The van der Waals surface area contributed by atoms with Gasteiger partial charge in [0.05, 0.1) is 6.10 Å². The van der Waals surface area contributed by atoms with Crippen LogP contribution in [0.4, 0.5) is 0 Å². The Morgan fingerprint density at radius 2 is 2.20 bits per heavy atom. The summed E-state index contributed by atoms with van der Waals surface area (Å²) in [6.07, 6.45) is 0.407. The van der Waals surface area contributed by atoms with Gasteiger partial charge in [-0.2, -0.15) is 0 Å². The van der Waals surface area contributed by atoms with Crippen LogP contribution in [0.15, 0.2) is 28.5 Å². The van der Waals surface area contributed by atoms with Gasteiger partial charge in [-0.1, -0.05) is 18.5 Å². The van der Waals surface area contributed by atoms with Crippen molar-refractivity contribution in [3.63, 3.8) is 0 Å². The van der Waals surface area contributed by atoms with Gasteiger partial charge in [0.25, 0.3) is 0 Å². The summed E-state index contributed by atoms with van der Waals surface area (Å²) in [5, 5.41) is 11.2. The van der Waals surface area contributed by atoms with E-state index in [1.807, 2.05) is 35.5 Å². The molecule has 20 heavy (non-hydrogen) atoms. The molecule has 3 nitrogen and oxygen atoms in total. The van der Waals surface area contributed by atoms with Crippen LogP contribution in [-0.4, -0.2) is 32.8 Å². The molecule has 0 saturated heterocycles. The SMILES string of the molecule is CCCN(CC(C)O)S(=O)c1cc2cc(Cl)ccc2s1. The van der Waals surface area contributed by atoms with Gasteiger partial charge in [-0.05, 0) is 43.0 Å². The van der Waals surface area contributed by atoms with Gasteiger partial charge in [-0.15, -0.1) is 11.3 Å². The zero-order valence-corrected chi connectivity index (χ0v) is 13.9. The first-order valence-electron chi connectivity index (χ1n) is 6.55. The predicted molar refractivity (Wildman–Crippen MR) is 86.8 cm³/mol. The third kappa shape index (κ3) is 3.80. The first-order valence-corrected chi connectivity index (χ1v) is 8.85. The molecule has 2 aromatic rings. The molecule has 0 fully saturated rings. The molecule has 6 heteroatoms. The fourth-order valence-corrected chi connectivity index (χ4v) is 5.00. The first kappa shape index (κ1) is 15.9. The van der Waals surface area contributed by atoms with Crippen molar-refractivity contribution < 1.29 is 9.32 Å². The van der Waals surface area contributed by atoms with E-state index in [4.69, 9.17) is 11.6 Å². The lowest BCUT2D eigenvalue weighted by molar-refractivity contribution is 0.165. The van der Waals surface area contributed by atoms with E-state index in [9.17, 15) is 9.32 Å². The van der Waals surface area contributed by atoms with Gasteiger partial charge in [-0.3, -0.25) is 0 Å². The lowest BCUT2D eigenvalue weighted by Crippen LogP contribution is -2.33. The average molecular weight is 332 g/mol. The van der Waals surface area contributed by atoms with E-state index in [-0.39, 0.29) is 0 Å². The van der Waals surface area contributed by atoms with Crippen molar-refractivity contribution in [2.45, 2.75) is 30.6 Å². The molecular formula is C14H18ClNO2S2. The van der Waals surface area contributed by atoms with Gasteiger partial charge >= 0.3 is 0 Å². The topological polar surface area (TPSA) is 40.5 Å². The lowest BCUT2D eigenvalue weighted by Gasteiger charge is -2.20. The van der Waals surface area contributed by atoms with Crippen molar-refractivity contribution in [1.82, 2.24) is 4.31 Å². The Bertz CT molecular complexity index is 612.